The predicted octanol–water partition coefficient (Wildman–Crippen LogP) is 4.87. The van der Waals surface area contributed by atoms with Crippen LogP contribution < -0.4 is 4.90 Å². The van der Waals surface area contributed by atoms with Gasteiger partial charge in [0, 0.05) is 5.25 Å². The van der Waals surface area contributed by atoms with Crippen molar-refractivity contribution in [2.75, 3.05) is 4.90 Å². The number of benzene rings is 2. The van der Waals surface area contributed by atoms with E-state index in [1.807, 2.05) is 39.8 Å². The predicted molar refractivity (Wildman–Crippen MR) is 104 cm³/mol. The van der Waals surface area contributed by atoms with Crippen LogP contribution in [-0.4, -0.2) is 17.1 Å². The van der Waals surface area contributed by atoms with Gasteiger partial charge in [-0.3, -0.25) is 9.59 Å². The Kier molecular flexibility index (Phi) is 5.01. The molecule has 0 bridgehead atoms. The standard InChI is InChI=1S/C21H20FNO2S/c1-12(2)26-19-18(15-6-8-16(22)9-7-15)20(24)23(21(19)25)17-10-5-13(3)11-14(17)4/h5-12H,1-4H3. The number of nitrogens with zero attached hydrogens (tertiary/aromatic N) is 1. The molecule has 134 valence electrons. The molecule has 3 nitrogen and oxygen atoms in total. The quantitative estimate of drug-likeness (QED) is 0.722. The van der Waals surface area contributed by atoms with Crippen molar-refractivity contribution in [2.45, 2.75) is 32.9 Å². The number of aryl methyl sites for hydroxylation is 2. The first-order valence-electron chi connectivity index (χ1n) is 8.42. The molecule has 0 saturated heterocycles. The Morgan fingerprint density at radius 3 is 2.19 bits per heavy atom. The Balaban J connectivity index is 2.12. The molecule has 0 spiro atoms. The maximum absolute atomic E-state index is 13.3. The van der Waals surface area contributed by atoms with Crippen LogP contribution in [0.5, 0.6) is 0 Å². The second-order valence-corrected chi connectivity index (χ2v) is 8.20. The van der Waals surface area contributed by atoms with E-state index in [2.05, 4.69) is 0 Å². The van der Waals surface area contributed by atoms with Gasteiger partial charge in [0.2, 0.25) is 0 Å². The number of rotatable bonds is 4. The number of imide groups is 1. The molecule has 0 aromatic heterocycles. The smallest absolute Gasteiger partial charge is 0.268 e. The summed E-state index contributed by atoms with van der Waals surface area (Å²) in [6.45, 7) is 7.79. The van der Waals surface area contributed by atoms with E-state index in [1.54, 1.807) is 18.2 Å². The number of halogens is 1. The van der Waals surface area contributed by atoms with Crippen molar-refractivity contribution in [3.63, 3.8) is 0 Å². The summed E-state index contributed by atoms with van der Waals surface area (Å²) in [7, 11) is 0. The minimum absolute atomic E-state index is 0.135. The molecule has 5 heteroatoms. The monoisotopic (exact) mass is 369 g/mol. The van der Waals surface area contributed by atoms with Gasteiger partial charge in [-0.25, -0.2) is 9.29 Å². The second kappa shape index (κ2) is 7.08. The number of amides is 2. The molecule has 1 aliphatic rings. The van der Waals surface area contributed by atoms with Crippen molar-refractivity contribution in [1.29, 1.82) is 0 Å². The molecule has 26 heavy (non-hydrogen) atoms. The second-order valence-electron chi connectivity index (χ2n) is 6.61. The molecule has 0 unspecified atom stereocenters. The van der Waals surface area contributed by atoms with E-state index in [1.165, 1.54) is 28.8 Å². The van der Waals surface area contributed by atoms with Crippen molar-refractivity contribution in [1.82, 2.24) is 0 Å². The van der Waals surface area contributed by atoms with Crippen LogP contribution in [0.2, 0.25) is 0 Å². The van der Waals surface area contributed by atoms with Gasteiger partial charge in [-0.15, -0.1) is 11.8 Å². The van der Waals surface area contributed by atoms with Gasteiger partial charge in [-0.1, -0.05) is 43.7 Å². The molecule has 0 N–H and O–H groups in total. The molecule has 2 amide bonds. The molecule has 3 rings (SSSR count). The molecule has 0 aliphatic carbocycles. The van der Waals surface area contributed by atoms with Gasteiger partial charge in [0.05, 0.1) is 16.2 Å². The highest BCUT2D eigenvalue weighted by molar-refractivity contribution is 8.04. The highest BCUT2D eigenvalue weighted by atomic mass is 32.2. The van der Waals surface area contributed by atoms with E-state index >= 15 is 0 Å². The van der Waals surface area contributed by atoms with Crippen molar-refractivity contribution in [3.8, 4) is 0 Å². The zero-order chi connectivity index (χ0) is 19.0. The van der Waals surface area contributed by atoms with E-state index in [0.29, 0.717) is 21.7 Å². The lowest BCUT2D eigenvalue weighted by Gasteiger charge is -2.18. The SMILES string of the molecule is Cc1ccc(N2C(=O)C(SC(C)C)=C(c3ccc(F)cc3)C2=O)c(C)c1. The average molecular weight is 369 g/mol. The molecule has 1 aliphatic heterocycles. The van der Waals surface area contributed by atoms with Gasteiger partial charge in [0.1, 0.15) is 5.82 Å². The molecule has 0 saturated carbocycles. The van der Waals surface area contributed by atoms with Crippen LogP contribution in [0.1, 0.15) is 30.5 Å². The Bertz CT molecular complexity index is 916. The van der Waals surface area contributed by atoms with Crippen LogP contribution in [0.3, 0.4) is 0 Å². The zero-order valence-corrected chi connectivity index (χ0v) is 16.0. The summed E-state index contributed by atoms with van der Waals surface area (Å²) in [5.41, 5.74) is 3.41. The summed E-state index contributed by atoms with van der Waals surface area (Å²) < 4.78 is 13.3. The fraction of sp³-hybridized carbons (Fsp3) is 0.238. The van der Waals surface area contributed by atoms with Crippen molar-refractivity contribution < 1.29 is 14.0 Å². The highest BCUT2D eigenvalue weighted by Crippen LogP contribution is 2.40. The summed E-state index contributed by atoms with van der Waals surface area (Å²) in [6, 6.07) is 11.3. The molecular weight excluding hydrogens is 349 g/mol. The van der Waals surface area contributed by atoms with Crippen molar-refractivity contribution in [3.05, 3.63) is 69.9 Å². The van der Waals surface area contributed by atoms with Crippen LogP contribution in [0.15, 0.2) is 47.4 Å². The van der Waals surface area contributed by atoms with Gasteiger partial charge in [-0.05, 0) is 43.2 Å². The normalized spacial score (nSPS) is 14.8. The van der Waals surface area contributed by atoms with Gasteiger partial charge in [-0.2, -0.15) is 0 Å². The largest absolute Gasteiger partial charge is 0.272 e. The number of hydrogen-bond donors (Lipinski definition) is 0. The number of carbonyl (C=O) groups excluding carboxylic acids is 2. The number of anilines is 1. The molecule has 2 aromatic rings. The average Bonchev–Trinajstić information content (AvgIpc) is 2.79. The van der Waals surface area contributed by atoms with Crippen LogP contribution in [0.25, 0.3) is 5.57 Å². The molecule has 0 fully saturated rings. The van der Waals surface area contributed by atoms with Gasteiger partial charge in [0.15, 0.2) is 0 Å². The summed E-state index contributed by atoms with van der Waals surface area (Å²) in [6.07, 6.45) is 0. The van der Waals surface area contributed by atoms with Crippen molar-refractivity contribution in [2.24, 2.45) is 0 Å². The fourth-order valence-corrected chi connectivity index (χ4v) is 3.99. The van der Waals surface area contributed by atoms with E-state index < -0.39 is 0 Å². The molecular formula is C21H20FNO2S. The summed E-state index contributed by atoms with van der Waals surface area (Å²) in [4.78, 5) is 27.9. The molecule has 0 radical (unpaired) electrons. The third kappa shape index (κ3) is 3.31. The van der Waals surface area contributed by atoms with E-state index in [4.69, 9.17) is 0 Å². The van der Waals surface area contributed by atoms with Crippen LogP contribution in [0, 0.1) is 19.7 Å². The topological polar surface area (TPSA) is 37.4 Å². The lowest BCUT2D eigenvalue weighted by Crippen LogP contribution is -2.32. The first kappa shape index (κ1) is 18.4. The van der Waals surface area contributed by atoms with Crippen LogP contribution in [0.4, 0.5) is 10.1 Å². The molecule has 1 heterocycles. The van der Waals surface area contributed by atoms with E-state index in [-0.39, 0.29) is 22.9 Å². The summed E-state index contributed by atoms with van der Waals surface area (Å²) >= 11 is 1.36. The molecule has 2 aromatic carbocycles. The minimum Gasteiger partial charge on any atom is -0.268 e. The Hall–Kier alpha value is -2.40. The van der Waals surface area contributed by atoms with Crippen molar-refractivity contribution >= 4 is 34.8 Å². The fourth-order valence-electron chi connectivity index (χ4n) is 3.00. The van der Waals surface area contributed by atoms with Gasteiger partial charge < -0.3 is 0 Å². The van der Waals surface area contributed by atoms with Gasteiger partial charge in [0.25, 0.3) is 11.8 Å². The first-order chi connectivity index (χ1) is 12.3. The molecule has 0 atom stereocenters. The number of hydrogen-bond acceptors (Lipinski definition) is 3. The van der Waals surface area contributed by atoms with Crippen LogP contribution in [-0.2, 0) is 9.59 Å². The maximum atomic E-state index is 13.3. The van der Waals surface area contributed by atoms with Crippen LogP contribution >= 0.6 is 11.8 Å². The first-order valence-corrected chi connectivity index (χ1v) is 9.30. The maximum Gasteiger partial charge on any atom is 0.272 e. The Morgan fingerprint density at radius 1 is 0.962 bits per heavy atom. The Labute approximate surface area is 156 Å². The summed E-state index contributed by atoms with van der Waals surface area (Å²) in [5, 5.41) is 0.135. The lowest BCUT2D eigenvalue weighted by atomic mass is 10.1. The highest BCUT2D eigenvalue weighted by Gasteiger charge is 2.41. The Morgan fingerprint density at radius 2 is 1.62 bits per heavy atom. The summed E-state index contributed by atoms with van der Waals surface area (Å²) in [5.74, 6) is -1.06. The third-order valence-electron chi connectivity index (χ3n) is 4.12. The van der Waals surface area contributed by atoms with E-state index in [9.17, 15) is 14.0 Å². The number of carbonyl (C=O) groups is 2. The van der Waals surface area contributed by atoms with E-state index in [0.717, 1.165) is 11.1 Å². The van der Waals surface area contributed by atoms with Gasteiger partial charge >= 0.3 is 0 Å². The third-order valence-corrected chi connectivity index (χ3v) is 5.21. The lowest BCUT2D eigenvalue weighted by molar-refractivity contribution is -0.119. The number of thioether (sulfide) groups is 1. The zero-order valence-electron chi connectivity index (χ0n) is 15.2. The minimum atomic E-state index is -0.379.